The largest absolute Gasteiger partial charge is 0.375 e. The number of benzene rings is 1. The van der Waals surface area contributed by atoms with Crippen molar-refractivity contribution in [2.75, 3.05) is 0 Å². The highest BCUT2D eigenvalue weighted by atomic mass is 32.2. The van der Waals surface area contributed by atoms with Crippen LogP contribution in [-0.4, -0.2) is 8.42 Å². The average Bonchev–Trinajstić information content (AvgIpc) is 2.52. The lowest BCUT2D eigenvalue weighted by atomic mass is 10.2. The van der Waals surface area contributed by atoms with Crippen LogP contribution >= 0.6 is 0 Å². The molecular formula is C15H14O4S. The Morgan fingerprint density at radius 2 is 1.55 bits per heavy atom. The molecule has 20 heavy (non-hydrogen) atoms. The summed E-state index contributed by atoms with van der Waals surface area (Å²) >= 11 is 0. The van der Waals surface area contributed by atoms with Crippen LogP contribution in [0.4, 0.5) is 0 Å². The first-order valence-corrected chi connectivity index (χ1v) is 7.41. The van der Waals surface area contributed by atoms with Crippen molar-refractivity contribution < 1.29 is 12.6 Å². The highest BCUT2D eigenvalue weighted by molar-refractivity contribution is 7.87. The maximum atomic E-state index is 12.1. The molecular weight excluding hydrogens is 276 g/mol. The quantitative estimate of drug-likeness (QED) is 0.815. The van der Waals surface area contributed by atoms with E-state index in [4.69, 9.17) is 4.18 Å². The van der Waals surface area contributed by atoms with Crippen LogP contribution in [0.2, 0.25) is 0 Å². The number of aryl methyl sites for hydroxylation is 2. The zero-order valence-electron chi connectivity index (χ0n) is 11.2. The Morgan fingerprint density at radius 1 is 0.900 bits per heavy atom. The first-order chi connectivity index (χ1) is 9.38. The molecule has 104 valence electrons. The van der Waals surface area contributed by atoms with Crippen LogP contribution in [-0.2, 0) is 10.1 Å². The van der Waals surface area contributed by atoms with Crippen LogP contribution < -0.4 is 9.61 Å². The van der Waals surface area contributed by atoms with Crippen molar-refractivity contribution in [1.82, 2.24) is 0 Å². The molecule has 0 saturated heterocycles. The van der Waals surface area contributed by atoms with E-state index in [0.717, 1.165) is 11.1 Å². The molecule has 2 aromatic carbocycles. The van der Waals surface area contributed by atoms with Gasteiger partial charge in [-0.15, -0.1) is 0 Å². The molecule has 0 spiro atoms. The molecule has 2 rings (SSSR count). The third kappa shape index (κ3) is 3.24. The predicted octanol–water partition coefficient (Wildman–Crippen LogP) is 2.43. The van der Waals surface area contributed by atoms with Gasteiger partial charge in [0, 0.05) is 0 Å². The van der Waals surface area contributed by atoms with Crippen LogP contribution in [0.25, 0.3) is 0 Å². The molecule has 0 saturated carbocycles. The van der Waals surface area contributed by atoms with Gasteiger partial charge in [0.2, 0.25) is 5.43 Å². The molecule has 0 aliphatic carbocycles. The van der Waals surface area contributed by atoms with Crippen molar-refractivity contribution >= 4 is 10.1 Å². The molecule has 0 aliphatic heterocycles. The molecule has 0 bridgehead atoms. The highest BCUT2D eigenvalue weighted by Gasteiger charge is 2.17. The van der Waals surface area contributed by atoms with Gasteiger partial charge >= 0.3 is 10.1 Å². The van der Waals surface area contributed by atoms with E-state index in [1.54, 1.807) is 31.2 Å². The fraction of sp³-hybridized carbons (Fsp3) is 0.133. The van der Waals surface area contributed by atoms with E-state index in [1.807, 2.05) is 6.92 Å². The molecule has 0 aromatic heterocycles. The van der Waals surface area contributed by atoms with E-state index in [9.17, 15) is 13.2 Å². The van der Waals surface area contributed by atoms with Gasteiger partial charge in [-0.25, -0.2) is 0 Å². The van der Waals surface area contributed by atoms with E-state index in [2.05, 4.69) is 0 Å². The van der Waals surface area contributed by atoms with Crippen molar-refractivity contribution in [2.24, 2.45) is 0 Å². The number of hydrogen-bond donors (Lipinski definition) is 0. The van der Waals surface area contributed by atoms with Crippen molar-refractivity contribution in [1.29, 1.82) is 0 Å². The second-order valence-electron chi connectivity index (χ2n) is 4.49. The topological polar surface area (TPSA) is 60.4 Å². The van der Waals surface area contributed by atoms with Gasteiger partial charge in [-0.3, -0.25) is 4.79 Å². The molecule has 0 aliphatic rings. The van der Waals surface area contributed by atoms with Crippen LogP contribution in [0.3, 0.4) is 0 Å². The summed E-state index contributed by atoms with van der Waals surface area (Å²) in [6.45, 7) is 3.61. The molecule has 0 radical (unpaired) electrons. The van der Waals surface area contributed by atoms with Gasteiger partial charge in [0.05, 0.1) is 0 Å². The van der Waals surface area contributed by atoms with Crippen LogP contribution in [0.5, 0.6) is 5.75 Å². The normalized spacial score (nSPS) is 11.1. The fourth-order valence-corrected chi connectivity index (χ4v) is 2.56. The summed E-state index contributed by atoms with van der Waals surface area (Å²) < 4.78 is 29.2. The standard InChI is InChI=1S/C15H14O4S/c1-11-6-8-13(9-7-11)20(17,18)19-15-10-12(2)4-3-5-14(15)16/h3-10H,1-2H3. The van der Waals surface area contributed by atoms with E-state index in [0.29, 0.717) is 0 Å². The van der Waals surface area contributed by atoms with Crippen LogP contribution in [0, 0.1) is 13.8 Å². The summed E-state index contributed by atoms with van der Waals surface area (Å²) in [5.41, 5.74) is 1.20. The van der Waals surface area contributed by atoms with Crippen molar-refractivity contribution in [3.05, 3.63) is 69.9 Å². The maximum Gasteiger partial charge on any atom is 0.339 e. The number of rotatable bonds is 3. The van der Waals surface area contributed by atoms with Gasteiger partial charge < -0.3 is 4.18 Å². The van der Waals surface area contributed by atoms with E-state index >= 15 is 0 Å². The Morgan fingerprint density at radius 3 is 2.20 bits per heavy atom. The lowest BCUT2D eigenvalue weighted by Gasteiger charge is -2.05. The van der Waals surface area contributed by atoms with E-state index < -0.39 is 15.5 Å². The summed E-state index contributed by atoms with van der Waals surface area (Å²) in [7, 11) is -4.00. The van der Waals surface area contributed by atoms with Crippen LogP contribution in [0.1, 0.15) is 11.1 Å². The lowest BCUT2D eigenvalue weighted by Crippen LogP contribution is -2.14. The molecule has 4 nitrogen and oxygen atoms in total. The van der Waals surface area contributed by atoms with Gasteiger partial charge in [-0.1, -0.05) is 29.8 Å². The van der Waals surface area contributed by atoms with Gasteiger partial charge in [-0.05, 0) is 43.7 Å². The molecule has 0 amide bonds. The Kier molecular flexibility index (Phi) is 3.90. The van der Waals surface area contributed by atoms with Gasteiger partial charge in [0.25, 0.3) is 0 Å². The third-order valence-electron chi connectivity index (χ3n) is 2.72. The Bertz CT molecular complexity index is 778. The number of hydrogen-bond acceptors (Lipinski definition) is 4. The molecule has 0 heterocycles. The molecule has 0 fully saturated rings. The molecule has 2 aromatic rings. The summed E-state index contributed by atoms with van der Waals surface area (Å²) in [6.07, 6.45) is 0. The summed E-state index contributed by atoms with van der Waals surface area (Å²) in [4.78, 5) is 11.8. The zero-order valence-corrected chi connectivity index (χ0v) is 12.0. The van der Waals surface area contributed by atoms with Gasteiger partial charge in [0.1, 0.15) is 4.90 Å². The highest BCUT2D eigenvalue weighted by Crippen LogP contribution is 2.16. The smallest absolute Gasteiger partial charge is 0.339 e. The third-order valence-corrected chi connectivity index (χ3v) is 3.97. The lowest BCUT2D eigenvalue weighted by molar-refractivity contribution is 0.484. The minimum Gasteiger partial charge on any atom is -0.375 e. The zero-order chi connectivity index (χ0) is 14.8. The summed E-state index contributed by atoms with van der Waals surface area (Å²) in [6, 6.07) is 12.2. The van der Waals surface area contributed by atoms with Crippen molar-refractivity contribution in [3.8, 4) is 5.75 Å². The second kappa shape index (κ2) is 5.46. The van der Waals surface area contributed by atoms with Crippen LogP contribution in [0.15, 0.2) is 58.2 Å². The monoisotopic (exact) mass is 290 g/mol. The molecule has 0 atom stereocenters. The summed E-state index contributed by atoms with van der Waals surface area (Å²) in [5, 5.41) is 0. The maximum absolute atomic E-state index is 12.1. The molecule has 5 heteroatoms. The minimum absolute atomic E-state index is 0.0201. The minimum atomic E-state index is -4.00. The second-order valence-corrected chi connectivity index (χ2v) is 6.04. The average molecular weight is 290 g/mol. The molecule has 0 unspecified atom stereocenters. The first-order valence-electron chi connectivity index (χ1n) is 6.01. The predicted molar refractivity (Wildman–Crippen MR) is 76.4 cm³/mol. The Labute approximate surface area is 117 Å². The SMILES string of the molecule is Cc1ccc(S(=O)(=O)Oc2cc(C)cccc2=O)cc1. The van der Waals surface area contributed by atoms with Crippen molar-refractivity contribution in [3.63, 3.8) is 0 Å². The van der Waals surface area contributed by atoms with Crippen molar-refractivity contribution in [2.45, 2.75) is 18.7 Å². The summed E-state index contributed by atoms with van der Waals surface area (Å²) in [5.74, 6) is -0.201. The Balaban J connectivity index is 2.44. The fourth-order valence-electron chi connectivity index (χ4n) is 1.63. The van der Waals surface area contributed by atoms with Gasteiger partial charge in [-0.2, -0.15) is 8.42 Å². The first kappa shape index (κ1) is 14.3. The Hall–Kier alpha value is -2.14. The van der Waals surface area contributed by atoms with E-state index in [-0.39, 0.29) is 10.6 Å². The molecule has 0 N–H and O–H groups in total. The van der Waals surface area contributed by atoms with Gasteiger partial charge in [0.15, 0.2) is 5.75 Å². The van der Waals surface area contributed by atoms with E-state index in [1.165, 1.54) is 24.3 Å².